The van der Waals surface area contributed by atoms with Crippen LogP contribution in [-0.4, -0.2) is 27.8 Å². The highest BCUT2D eigenvalue weighted by atomic mass is 32.1. The molecule has 1 unspecified atom stereocenters. The molecule has 1 aromatic rings. The summed E-state index contributed by atoms with van der Waals surface area (Å²) in [6.07, 6.45) is -0.837. The summed E-state index contributed by atoms with van der Waals surface area (Å²) >= 11 is 1.38. The molecule has 1 aromatic heterocycles. The van der Waals surface area contributed by atoms with Crippen LogP contribution in [0.5, 0.6) is 0 Å². The van der Waals surface area contributed by atoms with Crippen LogP contribution in [0.4, 0.5) is 4.79 Å². The molecule has 0 fully saturated rings. The average Bonchev–Trinajstić information content (AvgIpc) is 2.53. The summed E-state index contributed by atoms with van der Waals surface area (Å²) in [5.74, 6) is -0.989. The molecule has 0 aliphatic rings. The van der Waals surface area contributed by atoms with Crippen LogP contribution in [-0.2, 0) is 9.53 Å². The zero-order valence-corrected chi connectivity index (χ0v) is 13.1. The van der Waals surface area contributed by atoms with Crippen LogP contribution in [0.3, 0.4) is 0 Å². The zero-order chi connectivity index (χ0) is 15.5. The van der Waals surface area contributed by atoms with Gasteiger partial charge in [0.1, 0.15) is 5.60 Å². The van der Waals surface area contributed by atoms with Crippen LogP contribution in [0.2, 0.25) is 0 Å². The zero-order valence-electron chi connectivity index (χ0n) is 12.3. The van der Waals surface area contributed by atoms with Crippen molar-refractivity contribution in [2.75, 3.05) is 0 Å². The first-order valence-corrected chi connectivity index (χ1v) is 7.05. The third-order valence-corrected chi connectivity index (χ3v) is 3.51. The SMILES string of the molecule is Cc1nc(C)c(C(CC(=O)O)NC(=O)OC(C)(C)C)s1. The second-order valence-corrected chi connectivity index (χ2v) is 6.71. The quantitative estimate of drug-likeness (QED) is 0.892. The van der Waals surface area contributed by atoms with E-state index in [-0.39, 0.29) is 6.42 Å². The number of hydrogen-bond acceptors (Lipinski definition) is 5. The molecule has 0 spiro atoms. The summed E-state index contributed by atoms with van der Waals surface area (Å²) in [6, 6.07) is -0.631. The summed E-state index contributed by atoms with van der Waals surface area (Å²) in [5, 5.41) is 12.4. The van der Waals surface area contributed by atoms with Crippen molar-refractivity contribution in [2.45, 2.75) is 52.7 Å². The number of aliphatic carboxylic acids is 1. The van der Waals surface area contributed by atoms with Crippen molar-refractivity contribution in [3.8, 4) is 0 Å². The van der Waals surface area contributed by atoms with Gasteiger partial charge in [0.15, 0.2) is 0 Å². The molecule has 1 atom stereocenters. The summed E-state index contributed by atoms with van der Waals surface area (Å²) < 4.78 is 5.16. The molecule has 0 radical (unpaired) electrons. The molecule has 0 aliphatic heterocycles. The minimum absolute atomic E-state index is 0.207. The highest BCUT2D eigenvalue weighted by Gasteiger charge is 2.25. The summed E-state index contributed by atoms with van der Waals surface area (Å²) in [5.41, 5.74) is 0.103. The summed E-state index contributed by atoms with van der Waals surface area (Å²) in [7, 11) is 0. The van der Waals surface area contributed by atoms with Gasteiger partial charge in [0.05, 0.1) is 28.0 Å². The molecule has 7 heteroatoms. The van der Waals surface area contributed by atoms with E-state index in [4.69, 9.17) is 9.84 Å². The lowest BCUT2D eigenvalue weighted by Crippen LogP contribution is -2.35. The van der Waals surface area contributed by atoms with Gasteiger partial charge in [0, 0.05) is 0 Å². The Morgan fingerprint density at radius 2 is 2.00 bits per heavy atom. The normalized spacial score (nSPS) is 12.8. The highest BCUT2D eigenvalue weighted by molar-refractivity contribution is 7.11. The number of carboxylic acid groups (broad SMARTS) is 1. The molecule has 0 saturated heterocycles. The van der Waals surface area contributed by atoms with Crippen molar-refractivity contribution in [3.63, 3.8) is 0 Å². The molecule has 112 valence electrons. The topological polar surface area (TPSA) is 88.5 Å². The Morgan fingerprint density at radius 1 is 1.40 bits per heavy atom. The minimum atomic E-state index is -0.989. The molecule has 1 amide bonds. The molecule has 6 nitrogen and oxygen atoms in total. The van der Waals surface area contributed by atoms with E-state index < -0.39 is 23.7 Å². The van der Waals surface area contributed by atoms with E-state index in [0.717, 1.165) is 15.6 Å². The van der Waals surface area contributed by atoms with E-state index in [0.29, 0.717) is 0 Å². The smallest absolute Gasteiger partial charge is 0.408 e. The fraction of sp³-hybridized carbons (Fsp3) is 0.615. The lowest BCUT2D eigenvalue weighted by atomic mass is 10.1. The molecule has 20 heavy (non-hydrogen) atoms. The number of aromatic nitrogens is 1. The van der Waals surface area contributed by atoms with E-state index in [2.05, 4.69) is 10.3 Å². The van der Waals surface area contributed by atoms with Gasteiger partial charge >= 0.3 is 12.1 Å². The number of rotatable bonds is 4. The Hall–Kier alpha value is -1.63. The average molecular weight is 300 g/mol. The molecular formula is C13H20N2O4S. The molecule has 1 rings (SSSR count). The Bertz CT molecular complexity index is 505. The molecule has 2 N–H and O–H groups in total. The fourth-order valence-electron chi connectivity index (χ4n) is 1.70. The fourth-order valence-corrected chi connectivity index (χ4v) is 2.68. The van der Waals surface area contributed by atoms with Gasteiger partial charge in [0.25, 0.3) is 0 Å². The standard InChI is InChI=1S/C13H20N2O4S/c1-7-11(20-8(2)14-7)9(6-10(16)17)15-12(18)19-13(3,4)5/h9H,6H2,1-5H3,(H,15,18)(H,16,17). The first-order valence-electron chi connectivity index (χ1n) is 6.23. The van der Waals surface area contributed by atoms with Crippen LogP contribution >= 0.6 is 11.3 Å². The van der Waals surface area contributed by atoms with Gasteiger partial charge in [-0.3, -0.25) is 4.79 Å². The van der Waals surface area contributed by atoms with Gasteiger partial charge in [-0.25, -0.2) is 9.78 Å². The second kappa shape index (κ2) is 6.21. The lowest BCUT2D eigenvalue weighted by molar-refractivity contribution is -0.137. The minimum Gasteiger partial charge on any atom is -0.481 e. The number of ether oxygens (including phenoxy) is 1. The number of nitrogens with one attached hydrogen (secondary N) is 1. The first kappa shape index (κ1) is 16.4. The Kier molecular flexibility index (Phi) is 5.10. The van der Waals surface area contributed by atoms with Crippen LogP contribution in [0.25, 0.3) is 0 Å². The maximum Gasteiger partial charge on any atom is 0.408 e. The first-order chi connectivity index (χ1) is 9.08. The number of carbonyl (C=O) groups is 2. The van der Waals surface area contributed by atoms with Gasteiger partial charge < -0.3 is 15.2 Å². The number of amides is 1. The third-order valence-electron chi connectivity index (χ3n) is 2.33. The summed E-state index contributed by atoms with van der Waals surface area (Å²) in [4.78, 5) is 27.8. The predicted octanol–water partition coefficient (Wildman–Crippen LogP) is 2.80. The Balaban J connectivity index is 2.88. The number of thiazole rings is 1. The van der Waals surface area contributed by atoms with E-state index in [1.54, 1.807) is 27.7 Å². The number of carboxylic acids is 1. The van der Waals surface area contributed by atoms with Crippen molar-refractivity contribution in [2.24, 2.45) is 0 Å². The van der Waals surface area contributed by atoms with Gasteiger partial charge in [0.2, 0.25) is 0 Å². The molecular weight excluding hydrogens is 280 g/mol. The largest absolute Gasteiger partial charge is 0.481 e. The van der Waals surface area contributed by atoms with E-state index >= 15 is 0 Å². The van der Waals surface area contributed by atoms with Crippen LogP contribution in [0.15, 0.2) is 0 Å². The number of nitrogens with zero attached hydrogens (tertiary/aromatic N) is 1. The Labute approximate surface area is 122 Å². The maximum atomic E-state index is 11.8. The molecule has 0 saturated carbocycles. The molecule has 1 heterocycles. The Morgan fingerprint density at radius 3 is 2.40 bits per heavy atom. The van der Waals surface area contributed by atoms with Gasteiger partial charge in [-0.05, 0) is 34.6 Å². The second-order valence-electron chi connectivity index (χ2n) is 5.48. The van der Waals surface area contributed by atoms with E-state index in [9.17, 15) is 9.59 Å². The van der Waals surface area contributed by atoms with Crippen molar-refractivity contribution in [3.05, 3.63) is 15.6 Å². The molecule has 0 bridgehead atoms. The van der Waals surface area contributed by atoms with Gasteiger partial charge in [-0.1, -0.05) is 0 Å². The number of aryl methyl sites for hydroxylation is 2. The molecule has 0 aliphatic carbocycles. The summed E-state index contributed by atoms with van der Waals surface area (Å²) in [6.45, 7) is 8.89. The number of carbonyl (C=O) groups excluding carboxylic acids is 1. The van der Waals surface area contributed by atoms with Crippen molar-refractivity contribution in [1.29, 1.82) is 0 Å². The maximum absolute atomic E-state index is 11.8. The predicted molar refractivity (Wildman–Crippen MR) is 76.0 cm³/mol. The van der Waals surface area contributed by atoms with Crippen molar-refractivity contribution < 1.29 is 19.4 Å². The molecule has 0 aromatic carbocycles. The van der Waals surface area contributed by atoms with Crippen LogP contribution in [0.1, 0.15) is 48.8 Å². The van der Waals surface area contributed by atoms with Gasteiger partial charge in [-0.2, -0.15) is 0 Å². The number of alkyl carbamates (subject to hydrolysis) is 1. The van der Waals surface area contributed by atoms with E-state index in [1.807, 2.05) is 6.92 Å². The van der Waals surface area contributed by atoms with Gasteiger partial charge in [-0.15, -0.1) is 11.3 Å². The van der Waals surface area contributed by atoms with Crippen LogP contribution in [0, 0.1) is 13.8 Å². The van der Waals surface area contributed by atoms with Crippen molar-refractivity contribution in [1.82, 2.24) is 10.3 Å². The monoisotopic (exact) mass is 300 g/mol. The third kappa shape index (κ3) is 5.16. The number of hydrogen-bond donors (Lipinski definition) is 2. The van der Waals surface area contributed by atoms with Crippen LogP contribution < -0.4 is 5.32 Å². The lowest BCUT2D eigenvalue weighted by Gasteiger charge is -2.22. The highest BCUT2D eigenvalue weighted by Crippen LogP contribution is 2.27. The van der Waals surface area contributed by atoms with E-state index in [1.165, 1.54) is 11.3 Å². The van der Waals surface area contributed by atoms with Crippen molar-refractivity contribution >= 4 is 23.4 Å².